The predicted molar refractivity (Wildman–Crippen MR) is 51.5 cm³/mol. The van der Waals surface area contributed by atoms with E-state index in [1.165, 1.54) is 11.3 Å². The number of benzene rings is 1. The standard InChI is InChI=1S/C10H14N2/c1-12(2)9-5-3-8(4-6-9)10-7-11-10/h3-6,10-11H,7H2,1-2H3/t10-/m1/s1. The summed E-state index contributed by atoms with van der Waals surface area (Å²) in [7, 11) is 4.12. The fraction of sp³-hybridized carbons (Fsp3) is 0.400. The number of anilines is 1. The average Bonchev–Trinajstić information content (AvgIpc) is 2.87. The van der Waals surface area contributed by atoms with Crippen LogP contribution in [0, 0.1) is 0 Å². The van der Waals surface area contributed by atoms with Gasteiger partial charge in [0, 0.05) is 32.4 Å². The van der Waals surface area contributed by atoms with Crippen molar-refractivity contribution in [2.24, 2.45) is 0 Å². The third-order valence-corrected chi connectivity index (χ3v) is 2.22. The van der Waals surface area contributed by atoms with Crippen LogP contribution in [-0.4, -0.2) is 20.6 Å². The summed E-state index contributed by atoms with van der Waals surface area (Å²) in [6.45, 7) is 1.14. The SMILES string of the molecule is CN(C)c1ccc([C@H]2CN2)cc1. The zero-order valence-corrected chi connectivity index (χ0v) is 7.54. The Morgan fingerprint density at radius 3 is 2.25 bits per heavy atom. The molecule has 0 bridgehead atoms. The van der Waals surface area contributed by atoms with Crippen molar-refractivity contribution in [2.45, 2.75) is 6.04 Å². The zero-order valence-electron chi connectivity index (χ0n) is 7.54. The molecule has 1 aliphatic rings. The highest BCUT2D eigenvalue weighted by atomic mass is 15.1. The Bertz CT molecular complexity index is 239. The molecule has 0 aromatic heterocycles. The molecular weight excluding hydrogens is 148 g/mol. The fourth-order valence-electron chi connectivity index (χ4n) is 1.30. The number of rotatable bonds is 2. The van der Waals surface area contributed by atoms with E-state index in [9.17, 15) is 0 Å². The number of nitrogens with one attached hydrogen (secondary N) is 1. The molecular formula is C10H14N2. The van der Waals surface area contributed by atoms with Crippen LogP contribution < -0.4 is 10.2 Å². The summed E-state index contributed by atoms with van der Waals surface area (Å²) < 4.78 is 0. The first-order chi connectivity index (χ1) is 5.77. The van der Waals surface area contributed by atoms with Crippen molar-refractivity contribution in [3.05, 3.63) is 29.8 Å². The lowest BCUT2D eigenvalue weighted by atomic mass is 10.1. The van der Waals surface area contributed by atoms with Gasteiger partial charge in [-0.1, -0.05) is 12.1 Å². The molecule has 0 spiro atoms. The molecule has 0 amide bonds. The van der Waals surface area contributed by atoms with Gasteiger partial charge in [-0.05, 0) is 17.7 Å². The molecule has 2 nitrogen and oxygen atoms in total. The van der Waals surface area contributed by atoms with Crippen LogP contribution in [0.4, 0.5) is 5.69 Å². The smallest absolute Gasteiger partial charge is 0.0447 e. The molecule has 1 aliphatic heterocycles. The Kier molecular flexibility index (Phi) is 1.77. The minimum atomic E-state index is 0.626. The first kappa shape index (κ1) is 7.62. The molecule has 0 aliphatic carbocycles. The van der Waals surface area contributed by atoms with Gasteiger partial charge in [-0.15, -0.1) is 0 Å². The molecule has 0 saturated carbocycles. The molecule has 2 heteroatoms. The van der Waals surface area contributed by atoms with Crippen LogP contribution in [-0.2, 0) is 0 Å². The van der Waals surface area contributed by atoms with Crippen molar-refractivity contribution < 1.29 is 0 Å². The molecule has 1 aromatic rings. The Morgan fingerprint density at radius 2 is 1.83 bits per heavy atom. The molecule has 1 N–H and O–H groups in total. The van der Waals surface area contributed by atoms with E-state index >= 15 is 0 Å². The maximum atomic E-state index is 3.29. The number of nitrogens with zero attached hydrogens (tertiary/aromatic N) is 1. The van der Waals surface area contributed by atoms with E-state index in [0.717, 1.165) is 6.54 Å². The third-order valence-electron chi connectivity index (χ3n) is 2.22. The Hall–Kier alpha value is -1.02. The van der Waals surface area contributed by atoms with Gasteiger partial charge in [0.2, 0.25) is 0 Å². The van der Waals surface area contributed by atoms with E-state index in [0.29, 0.717) is 6.04 Å². The molecule has 1 fully saturated rings. The minimum Gasteiger partial charge on any atom is -0.378 e. The van der Waals surface area contributed by atoms with Crippen LogP contribution in [0.25, 0.3) is 0 Å². The normalized spacial score (nSPS) is 20.7. The maximum absolute atomic E-state index is 3.29. The van der Waals surface area contributed by atoms with Gasteiger partial charge >= 0.3 is 0 Å². The molecule has 1 heterocycles. The highest BCUT2D eigenvalue weighted by Crippen LogP contribution is 2.23. The second-order valence-electron chi connectivity index (χ2n) is 3.45. The van der Waals surface area contributed by atoms with Gasteiger partial charge in [0.05, 0.1) is 0 Å². The monoisotopic (exact) mass is 162 g/mol. The first-order valence-corrected chi connectivity index (χ1v) is 4.28. The Labute approximate surface area is 73.2 Å². The predicted octanol–water partition coefficient (Wildman–Crippen LogP) is 1.40. The number of hydrogen-bond donors (Lipinski definition) is 1. The summed E-state index contributed by atoms with van der Waals surface area (Å²) in [4.78, 5) is 2.12. The van der Waals surface area contributed by atoms with Crippen LogP contribution in [0.1, 0.15) is 11.6 Å². The highest BCUT2D eigenvalue weighted by molar-refractivity contribution is 5.47. The van der Waals surface area contributed by atoms with Gasteiger partial charge in [-0.2, -0.15) is 0 Å². The van der Waals surface area contributed by atoms with Crippen LogP contribution in [0.2, 0.25) is 0 Å². The summed E-state index contributed by atoms with van der Waals surface area (Å²) in [6, 6.07) is 9.34. The lowest BCUT2D eigenvalue weighted by Crippen LogP contribution is -2.08. The molecule has 2 rings (SSSR count). The summed E-state index contributed by atoms with van der Waals surface area (Å²) >= 11 is 0. The lowest BCUT2D eigenvalue weighted by Gasteiger charge is -2.12. The summed E-state index contributed by atoms with van der Waals surface area (Å²) in [5.74, 6) is 0. The summed E-state index contributed by atoms with van der Waals surface area (Å²) in [5.41, 5.74) is 2.67. The van der Waals surface area contributed by atoms with Gasteiger partial charge in [0.25, 0.3) is 0 Å². The van der Waals surface area contributed by atoms with Crippen LogP contribution in [0.5, 0.6) is 0 Å². The van der Waals surface area contributed by atoms with Crippen molar-refractivity contribution in [2.75, 3.05) is 25.5 Å². The first-order valence-electron chi connectivity index (χ1n) is 4.28. The number of hydrogen-bond acceptors (Lipinski definition) is 2. The zero-order chi connectivity index (χ0) is 8.55. The van der Waals surface area contributed by atoms with Crippen molar-refractivity contribution in [1.82, 2.24) is 5.32 Å². The van der Waals surface area contributed by atoms with E-state index in [4.69, 9.17) is 0 Å². The molecule has 12 heavy (non-hydrogen) atoms. The highest BCUT2D eigenvalue weighted by Gasteiger charge is 2.21. The summed E-state index contributed by atoms with van der Waals surface area (Å²) in [5, 5.41) is 3.29. The Balaban J connectivity index is 2.18. The second-order valence-corrected chi connectivity index (χ2v) is 3.45. The lowest BCUT2D eigenvalue weighted by molar-refractivity contribution is 1.07. The van der Waals surface area contributed by atoms with Crippen molar-refractivity contribution in [3.8, 4) is 0 Å². The summed E-state index contributed by atoms with van der Waals surface area (Å²) in [6.07, 6.45) is 0. The van der Waals surface area contributed by atoms with E-state index in [1.54, 1.807) is 0 Å². The van der Waals surface area contributed by atoms with Gasteiger partial charge in [0.1, 0.15) is 0 Å². The molecule has 1 atom stereocenters. The topological polar surface area (TPSA) is 25.2 Å². The molecule has 1 aromatic carbocycles. The van der Waals surface area contributed by atoms with E-state index in [2.05, 4.69) is 48.6 Å². The van der Waals surface area contributed by atoms with Crippen molar-refractivity contribution in [1.29, 1.82) is 0 Å². The van der Waals surface area contributed by atoms with Crippen LogP contribution in [0.3, 0.4) is 0 Å². The van der Waals surface area contributed by atoms with E-state index < -0.39 is 0 Å². The largest absolute Gasteiger partial charge is 0.378 e. The van der Waals surface area contributed by atoms with Gasteiger partial charge < -0.3 is 10.2 Å². The van der Waals surface area contributed by atoms with Gasteiger partial charge in [-0.25, -0.2) is 0 Å². The maximum Gasteiger partial charge on any atom is 0.0447 e. The van der Waals surface area contributed by atoms with Gasteiger partial charge in [0.15, 0.2) is 0 Å². The molecule has 64 valence electrons. The average molecular weight is 162 g/mol. The van der Waals surface area contributed by atoms with E-state index in [1.807, 2.05) is 0 Å². The van der Waals surface area contributed by atoms with E-state index in [-0.39, 0.29) is 0 Å². The molecule has 0 unspecified atom stereocenters. The Morgan fingerprint density at radius 1 is 1.25 bits per heavy atom. The van der Waals surface area contributed by atoms with Crippen LogP contribution >= 0.6 is 0 Å². The van der Waals surface area contributed by atoms with Crippen molar-refractivity contribution in [3.63, 3.8) is 0 Å². The van der Waals surface area contributed by atoms with Gasteiger partial charge in [-0.3, -0.25) is 0 Å². The van der Waals surface area contributed by atoms with Crippen LogP contribution in [0.15, 0.2) is 24.3 Å². The molecule has 1 saturated heterocycles. The molecule has 0 radical (unpaired) electrons. The quantitative estimate of drug-likeness (QED) is 0.665. The minimum absolute atomic E-state index is 0.626. The van der Waals surface area contributed by atoms with Crippen molar-refractivity contribution >= 4 is 5.69 Å². The third kappa shape index (κ3) is 1.43. The second kappa shape index (κ2) is 2.79. The fourth-order valence-corrected chi connectivity index (χ4v) is 1.30.